The minimum atomic E-state index is -3.01. The van der Waals surface area contributed by atoms with Gasteiger partial charge in [-0.1, -0.05) is 0 Å². The van der Waals surface area contributed by atoms with E-state index in [0.717, 1.165) is 19.1 Å². The number of likely N-dealkylation sites (N-methyl/N-ethyl adjacent to an activating group) is 1. The molecule has 0 unspecified atom stereocenters. The van der Waals surface area contributed by atoms with E-state index in [4.69, 9.17) is 24.4 Å². The van der Waals surface area contributed by atoms with E-state index >= 15 is 0 Å². The SMILES string of the molecule is CN(CCOCCOCCN)C(=O)c1ccc(-n2cc(NC(=O)c3coc(-c4ccnc(N(CC5CC5)C(=O)OC(C)(C)C)c4)n3)c(C(F)F)n2)cc1. The number of halogens is 2. The summed E-state index contributed by atoms with van der Waals surface area (Å²) in [6, 6.07) is 9.43. The van der Waals surface area contributed by atoms with Crippen LogP contribution in [0.25, 0.3) is 17.1 Å². The maximum atomic E-state index is 14.1. The second kappa shape index (κ2) is 17.5. The molecule has 15 nitrogen and oxygen atoms in total. The minimum absolute atomic E-state index is 0.0554. The summed E-state index contributed by atoms with van der Waals surface area (Å²) < 4.78 is 51.2. The fourth-order valence-corrected chi connectivity index (χ4v) is 5.00. The molecule has 1 aromatic carbocycles. The normalized spacial score (nSPS) is 12.9. The molecule has 0 aliphatic heterocycles. The number of anilines is 2. The molecule has 284 valence electrons. The van der Waals surface area contributed by atoms with Gasteiger partial charge in [0.1, 0.15) is 17.7 Å². The summed E-state index contributed by atoms with van der Waals surface area (Å²) in [5.41, 5.74) is 4.79. The number of hydrogen-bond acceptors (Lipinski definition) is 11. The molecule has 1 saturated carbocycles. The van der Waals surface area contributed by atoms with Gasteiger partial charge < -0.3 is 34.6 Å². The Morgan fingerprint density at radius 3 is 2.45 bits per heavy atom. The van der Waals surface area contributed by atoms with E-state index in [0.29, 0.717) is 74.6 Å². The summed E-state index contributed by atoms with van der Waals surface area (Å²) in [5, 5.41) is 6.43. The summed E-state index contributed by atoms with van der Waals surface area (Å²) in [6.07, 6.45) is 2.29. The predicted molar refractivity (Wildman–Crippen MR) is 190 cm³/mol. The first-order valence-corrected chi connectivity index (χ1v) is 17.2. The van der Waals surface area contributed by atoms with Crippen molar-refractivity contribution in [2.24, 2.45) is 11.7 Å². The molecule has 0 bridgehead atoms. The molecule has 0 spiro atoms. The number of ether oxygens (including phenoxy) is 3. The smallest absolute Gasteiger partial charge is 0.416 e. The van der Waals surface area contributed by atoms with Crippen molar-refractivity contribution < 1.29 is 41.8 Å². The fourth-order valence-electron chi connectivity index (χ4n) is 5.00. The first kappa shape index (κ1) is 39.0. The van der Waals surface area contributed by atoms with Crippen LogP contribution in [0.5, 0.6) is 0 Å². The number of nitrogens with zero attached hydrogens (tertiary/aromatic N) is 6. The molecule has 3 heterocycles. The van der Waals surface area contributed by atoms with Gasteiger partial charge in [0.25, 0.3) is 18.2 Å². The first-order valence-electron chi connectivity index (χ1n) is 17.2. The zero-order valence-corrected chi connectivity index (χ0v) is 30.1. The second-order valence-electron chi connectivity index (χ2n) is 13.4. The average Bonchev–Trinajstić information content (AvgIpc) is 3.62. The van der Waals surface area contributed by atoms with Crippen LogP contribution in [0.4, 0.5) is 25.1 Å². The van der Waals surface area contributed by atoms with Crippen LogP contribution in [-0.2, 0) is 14.2 Å². The third-order valence-electron chi connectivity index (χ3n) is 7.89. The van der Waals surface area contributed by atoms with Crippen LogP contribution in [0.2, 0.25) is 0 Å². The van der Waals surface area contributed by atoms with E-state index in [2.05, 4.69) is 20.4 Å². The molecule has 0 atom stereocenters. The lowest BCUT2D eigenvalue weighted by atomic mass is 10.2. The fraction of sp³-hybridized carbons (Fsp3) is 0.444. The van der Waals surface area contributed by atoms with Crippen LogP contribution >= 0.6 is 0 Å². The Hall–Kier alpha value is -5.26. The van der Waals surface area contributed by atoms with Gasteiger partial charge in [-0.2, -0.15) is 5.10 Å². The van der Waals surface area contributed by atoms with Gasteiger partial charge in [-0.25, -0.2) is 28.2 Å². The van der Waals surface area contributed by atoms with Crippen LogP contribution in [0.15, 0.2) is 59.5 Å². The number of nitrogens with two attached hydrogens (primary N) is 1. The van der Waals surface area contributed by atoms with E-state index in [1.165, 1.54) is 26.9 Å². The van der Waals surface area contributed by atoms with Crippen LogP contribution < -0.4 is 16.0 Å². The number of aromatic nitrogens is 4. The maximum absolute atomic E-state index is 14.1. The molecule has 1 fully saturated rings. The molecular formula is C36H44F2N8O7. The molecule has 1 aliphatic rings. The largest absolute Gasteiger partial charge is 0.444 e. The Morgan fingerprint density at radius 1 is 1.08 bits per heavy atom. The van der Waals surface area contributed by atoms with Crippen LogP contribution in [0.1, 0.15) is 66.6 Å². The van der Waals surface area contributed by atoms with Crippen LogP contribution in [0.3, 0.4) is 0 Å². The number of amides is 3. The van der Waals surface area contributed by atoms with Crippen molar-refractivity contribution in [1.29, 1.82) is 0 Å². The van der Waals surface area contributed by atoms with Gasteiger partial charge in [0.15, 0.2) is 11.4 Å². The van der Waals surface area contributed by atoms with E-state index in [1.54, 1.807) is 64.2 Å². The van der Waals surface area contributed by atoms with Crippen LogP contribution in [-0.4, -0.2) is 101 Å². The van der Waals surface area contributed by atoms with Crippen molar-refractivity contribution in [2.45, 2.75) is 45.6 Å². The number of hydrogen-bond donors (Lipinski definition) is 2. The van der Waals surface area contributed by atoms with Crippen molar-refractivity contribution in [2.75, 3.05) is 63.3 Å². The molecule has 53 heavy (non-hydrogen) atoms. The number of nitrogens with one attached hydrogen (secondary N) is 1. The predicted octanol–water partition coefficient (Wildman–Crippen LogP) is 5.33. The molecule has 4 aromatic rings. The van der Waals surface area contributed by atoms with Gasteiger partial charge in [0.05, 0.1) is 44.0 Å². The van der Waals surface area contributed by atoms with Gasteiger partial charge in [-0.3, -0.25) is 14.5 Å². The van der Waals surface area contributed by atoms with Crippen molar-refractivity contribution in [3.05, 3.63) is 72.0 Å². The zero-order chi connectivity index (χ0) is 38.1. The summed E-state index contributed by atoms with van der Waals surface area (Å²) in [5.74, 6) is -0.333. The average molecular weight is 739 g/mol. The number of carbonyl (C=O) groups is 3. The maximum Gasteiger partial charge on any atom is 0.416 e. The third kappa shape index (κ3) is 10.9. The summed E-state index contributed by atoms with van der Waals surface area (Å²) >= 11 is 0. The number of rotatable bonds is 17. The van der Waals surface area contributed by atoms with Crippen molar-refractivity contribution in [3.8, 4) is 17.1 Å². The Kier molecular flexibility index (Phi) is 12.9. The number of carbonyl (C=O) groups excluding carboxylic acids is 3. The molecule has 3 amide bonds. The van der Waals surface area contributed by atoms with Gasteiger partial charge in [-0.05, 0) is 75.9 Å². The lowest BCUT2D eigenvalue weighted by Gasteiger charge is -2.27. The highest BCUT2D eigenvalue weighted by molar-refractivity contribution is 6.03. The number of oxazole rings is 1. The molecule has 5 rings (SSSR count). The molecule has 0 saturated heterocycles. The summed E-state index contributed by atoms with van der Waals surface area (Å²) in [7, 11) is 1.64. The lowest BCUT2D eigenvalue weighted by molar-refractivity contribution is 0.0409. The number of pyridine rings is 1. The van der Waals surface area contributed by atoms with Crippen LogP contribution in [0, 0.1) is 5.92 Å². The van der Waals surface area contributed by atoms with E-state index in [-0.39, 0.29) is 23.2 Å². The zero-order valence-electron chi connectivity index (χ0n) is 30.1. The number of benzene rings is 1. The van der Waals surface area contributed by atoms with Gasteiger partial charge in [-0.15, -0.1) is 0 Å². The highest BCUT2D eigenvalue weighted by Crippen LogP contribution is 2.33. The Labute approximate surface area is 305 Å². The van der Waals surface area contributed by atoms with E-state index in [1.807, 2.05) is 0 Å². The van der Waals surface area contributed by atoms with Gasteiger partial charge in [0.2, 0.25) is 5.89 Å². The first-order chi connectivity index (χ1) is 25.3. The summed E-state index contributed by atoms with van der Waals surface area (Å²) in [4.78, 5) is 50.7. The topological polar surface area (TPSA) is 180 Å². The standard InChI is InChI=1S/C36H44F2N8O7/c1-36(2,3)53-35(49)45(20-23-5-6-23)29-19-25(11-13-40-29)33-42-28(22-52-33)32(47)41-27-21-46(43-30(27)31(37)38)26-9-7-24(8-10-26)34(48)44(4)14-16-51-18-17-50-15-12-39/h7-11,13,19,21-23,31H,5-6,12,14-18,20,39H2,1-4H3,(H,41,47). The van der Waals surface area contributed by atoms with E-state index < -0.39 is 29.7 Å². The highest BCUT2D eigenvalue weighted by Gasteiger charge is 2.32. The van der Waals surface area contributed by atoms with E-state index in [9.17, 15) is 23.2 Å². The van der Waals surface area contributed by atoms with Crippen molar-refractivity contribution in [3.63, 3.8) is 0 Å². The van der Waals surface area contributed by atoms with Gasteiger partial charge in [0, 0.05) is 44.0 Å². The minimum Gasteiger partial charge on any atom is -0.444 e. The molecule has 0 radical (unpaired) electrons. The van der Waals surface area contributed by atoms with Crippen molar-refractivity contribution >= 4 is 29.4 Å². The molecule has 17 heteroatoms. The summed E-state index contributed by atoms with van der Waals surface area (Å²) in [6.45, 7) is 8.13. The Balaban J connectivity index is 1.23. The molecule has 3 aromatic heterocycles. The quantitative estimate of drug-likeness (QED) is 0.134. The Bertz CT molecular complexity index is 1850. The van der Waals surface area contributed by atoms with Gasteiger partial charge >= 0.3 is 6.09 Å². The number of alkyl halides is 2. The van der Waals surface area contributed by atoms with Crippen molar-refractivity contribution in [1.82, 2.24) is 24.6 Å². The molecule has 1 aliphatic carbocycles. The molecule has 3 N–H and O–H groups in total. The lowest BCUT2D eigenvalue weighted by Crippen LogP contribution is -2.38. The Morgan fingerprint density at radius 2 is 1.79 bits per heavy atom. The third-order valence-corrected chi connectivity index (χ3v) is 7.89. The molecular weight excluding hydrogens is 694 g/mol. The second-order valence-corrected chi connectivity index (χ2v) is 13.4. The monoisotopic (exact) mass is 738 g/mol. The highest BCUT2D eigenvalue weighted by atomic mass is 19.3.